The average molecular weight is 390 g/mol. The van der Waals surface area contributed by atoms with Crippen molar-refractivity contribution < 1.29 is 4.79 Å². The molecule has 1 aromatic carbocycles. The predicted molar refractivity (Wildman–Crippen MR) is 97.2 cm³/mol. The monoisotopic (exact) mass is 388 g/mol. The number of rotatable bonds is 5. The Morgan fingerprint density at radius 3 is 2.82 bits per heavy atom. The van der Waals surface area contributed by atoms with Crippen molar-refractivity contribution in [3.8, 4) is 0 Å². The van der Waals surface area contributed by atoms with Gasteiger partial charge in [0.25, 0.3) is 0 Å². The maximum Gasteiger partial charge on any atom is 0.222 e. The van der Waals surface area contributed by atoms with Crippen LogP contribution in [0.15, 0.2) is 28.7 Å². The highest BCUT2D eigenvalue weighted by Crippen LogP contribution is 2.24. The summed E-state index contributed by atoms with van der Waals surface area (Å²) in [6.45, 7) is 5.05. The molecule has 1 heterocycles. The molecule has 1 aliphatic heterocycles. The fourth-order valence-electron chi connectivity index (χ4n) is 2.93. The lowest BCUT2D eigenvalue weighted by Crippen LogP contribution is -2.36. The van der Waals surface area contributed by atoms with Crippen molar-refractivity contribution in [3.63, 3.8) is 0 Å². The summed E-state index contributed by atoms with van der Waals surface area (Å²) in [6.07, 6.45) is 3.12. The van der Waals surface area contributed by atoms with Gasteiger partial charge in [-0.3, -0.25) is 4.79 Å². The molecule has 5 heteroatoms. The SMILES string of the molecule is CC(CC(=O)N(C)Cc1ccccc1Br)C1CCCNC1.Cl. The Balaban J connectivity index is 0.00000242. The van der Waals surface area contributed by atoms with Gasteiger partial charge >= 0.3 is 0 Å². The highest BCUT2D eigenvalue weighted by atomic mass is 79.9. The van der Waals surface area contributed by atoms with Gasteiger partial charge in [0.1, 0.15) is 0 Å². The number of hydrogen-bond acceptors (Lipinski definition) is 2. The number of nitrogens with zero attached hydrogens (tertiary/aromatic N) is 1. The third-order valence-electron chi connectivity index (χ3n) is 4.43. The van der Waals surface area contributed by atoms with Gasteiger partial charge in [0, 0.05) is 24.5 Å². The van der Waals surface area contributed by atoms with Crippen molar-refractivity contribution >= 4 is 34.2 Å². The molecular weight excluding hydrogens is 364 g/mol. The van der Waals surface area contributed by atoms with Gasteiger partial charge < -0.3 is 10.2 Å². The Morgan fingerprint density at radius 1 is 1.45 bits per heavy atom. The van der Waals surface area contributed by atoms with Crippen LogP contribution in [0.1, 0.15) is 31.7 Å². The summed E-state index contributed by atoms with van der Waals surface area (Å²) in [5, 5.41) is 3.43. The van der Waals surface area contributed by atoms with Gasteiger partial charge in [0.2, 0.25) is 5.91 Å². The first-order valence-electron chi connectivity index (χ1n) is 7.76. The second kappa shape index (κ2) is 9.53. The smallest absolute Gasteiger partial charge is 0.222 e. The number of hydrogen-bond donors (Lipinski definition) is 1. The molecule has 0 spiro atoms. The normalized spacial score (nSPS) is 19.1. The molecule has 1 saturated heterocycles. The second-order valence-corrected chi connectivity index (χ2v) is 6.98. The van der Waals surface area contributed by atoms with Gasteiger partial charge in [0.15, 0.2) is 0 Å². The highest BCUT2D eigenvalue weighted by molar-refractivity contribution is 9.10. The Bertz CT molecular complexity index is 477. The zero-order valence-electron chi connectivity index (χ0n) is 13.3. The van der Waals surface area contributed by atoms with Gasteiger partial charge in [-0.05, 0) is 49.4 Å². The minimum absolute atomic E-state index is 0. The third kappa shape index (κ3) is 5.56. The first kappa shape index (κ1) is 19.5. The molecule has 1 fully saturated rings. The molecular formula is C17H26BrClN2O. The maximum atomic E-state index is 12.4. The van der Waals surface area contributed by atoms with E-state index < -0.39 is 0 Å². The van der Waals surface area contributed by atoms with Crippen LogP contribution in [0.4, 0.5) is 0 Å². The van der Waals surface area contributed by atoms with Crippen LogP contribution >= 0.6 is 28.3 Å². The van der Waals surface area contributed by atoms with E-state index in [0.717, 1.165) is 23.1 Å². The van der Waals surface area contributed by atoms with E-state index in [2.05, 4.69) is 34.2 Å². The van der Waals surface area contributed by atoms with E-state index in [0.29, 0.717) is 24.8 Å². The summed E-state index contributed by atoms with van der Waals surface area (Å²) in [5.74, 6) is 1.33. The van der Waals surface area contributed by atoms with Gasteiger partial charge in [0.05, 0.1) is 0 Å². The van der Waals surface area contributed by atoms with Crippen LogP contribution in [0.25, 0.3) is 0 Å². The van der Waals surface area contributed by atoms with Crippen molar-refractivity contribution in [2.45, 2.75) is 32.7 Å². The number of nitrogens with one attached hydrogen (secondary N) is 1. The van der Waals surface area contributed by atoms with Crippen LogP contribution in [0, 0.1) is 11.8 Å². The quantitative estimate of drug-likeness (QED) is 0.829. The van der Waals surface area contributed by atoms with E-state index >= 15 is 0 Å². The van der Waals surface area contributed by atoms with Crippen molar-refractivity contribution in [2.75, 3.05) is 20.1 Å². The molecule has 0 aromatic heterocycles. The van der Waals surface area contributed by atoms with E-state index in [4.69, 9.17) is 0 Å². The molecule has 1 amide bonds. The van der Waals surface area contributed by atoms with E-state index in [1.807, 2.05) is 30.1 Å². The van der Waals surface area contributed by atoms with E-state index in [-0.39, 0.29) is 18.3 Å². The summed E-state index contributed by atoms with van der Waals surface area (Å²) in [7, 11) is 1.90. The summed E-state index contributed by atoms with van der Waals surface area (Å²) < 4.78 is 1.06. The zero-order chi connectivity index (χ0) is 15.2. The van der Waals surface area contributed by atoms with Crippen molar-refractivity contribution in [1.82, 2.24) is 10.2 Å². The molecule has 2 rings (SSSR count). The molecule has 2 atom stereocenters. The summed E-state index contributed by atoms with van der Waals surface area (Å²) in [6, 6.07) is 8.08. The van der Waals surface area contributed by atoms with E-state index in [1.54, 1.807) is 0 Å². The fourth-order valence-corrected chi connectivity index (χ4v) is 3.34. The largest absolute Gasteiger partial charge is 0.341 e. The molecule has 1 N–H and O–H groups in total. The van der Waals surface area contributed by atoms with Crippen LogP contribution < -0.4 is 5.32 Å². The van der Waals surface area contributed by atoms with Crippen LogP contribution in [-0.2, 0) is 11.3 Å². The van der Waals surface area contributed by atoms with Gasteiger partial charge in [-0.25, -0.2) is 0 Å². The van der Waals surface area contributed by atoms with Crippen LogP contribution in [-0.4, -0.2) is 30.9 Å². The summed E-state index contributed by atoms with van der Waals surface area (Å²) in [4.78, 5) is 14.2. The molecule has 2 unspecified atom stereocenters. The topological polar surface area (TPSA) is 32.3 Å². The molecule has 0 bridgehead atoms. The van der Waals surface area contributed by atoms with Crippen LogP contribution in [0.3, 0.4) is 0 Å². The lowest BCUT2D eigenvalue weighted by Gasteiger charge is -2.29. The fraction of sp³-hybridized carbons (Fsp3) is 0.588. The predicted octanol–water partition coefficient (Wildman–Crippen LogP) is 3.86. The maximum absolute atomic E-state index is 12.4. The number of benzene rings is 1. The number of amides is 1. The minimum atomic E-state index is 0. The second-order valence-electron chi connectivity index (χ2n) is 6.13. The molecule has 3 nitrogen and oxygen atoms in total. The number of carbonyl (C=O) groups is 1. The Hall–Kier alpha value is -0.580. The van der Waals surface area contributed by atoms with Gasteiger partial charge in [-0.1, -0.05) is 41.1 Å². The molecule has 124 valence electrons. The van der Waals surface area contributed by atoms with E-state index in [1.165, 1.54) is 12.8 Å². The summed E-state index contributed by atoms with van der Waals surface area (Å²) in [5.41, 5.74) is 1.15. The molecule has 0 saturated carbocycles. The zero-order valence-corrected chi connectivity index (χ0v) is 15.8. The van der Waals surface area contributed by atoms with E-state index in [9.17, 15) is 4.79 Å². The number of carbonyl (C=O) groups excluding carboxylic acids is 1. The first-order chi connectivity index (χ1) is 10.1. The van der Waals surface area contributed by atoms with Crippen LogP contribution in [0.2, 0.25) is 0 Å². The van der Waals surface area contributed by atoms with Crippen molar-refractivity contribution in [2.24, 2.45) is 11.8 Å². The number of piperidine rings is 1. The molecule has 22 heavy (non-hydrogen) atoms. The van der Waals surface area contributed by atoms with Gasteiger partial charge in [-0.15, -0.1) is 12.4 Å². The average Bonchev–Trinajstić information content (AvgIpc) is 2.50. The highest BCUT2D eigenvalue weighted by Gasteiger charge is 2.23. The van der Waals surface area contributed by atoms with Crippen molar-refractivity contribution in [1.29, 1.82) is 0 Å². The first-order valence-corrected chi connectivity index (χ1v) is 8.55. The van der Waals surface area contributed by atoms with Gasteiger partial charge in [-0.2, -0.15) is 0 Å². The molecule has 1 aromatic rings. The lowest BCUT2D eigenvalue weighted by atomic mass is 9.85. The standard InChI is InChI=1S/C17H25BrN2O.ClH/c1-13(14-7-5-9-19-11-14)10-17(21)20(2)12-15-6-3-4-8-16(15)18;/h3-4,6,8,13-14,19H,5,7,9-12H2,1-2H3;1H. The summed E-state index contributed by atoms with van der Waals surface area (Å²) >= 11 is 3.54. The number of halogens is 2. The third-order valence-corrected chi connectivity index (χ3v) is 5.20. The Labute approximate surface area is 148 Å². The Kier molecular flexibility index (Phi) is 8.44. The van der Waals surface area contributed by atoms with Crippen molar-refractivity contribution in [3.05, 3.63) is 34.3 Å². The molecule has 1 aliphatic rings. The molecule has 0 radical (unpaired) electrons. The minimum Gasteiger partial charge on any atom is -0.341 e. The lowest BCUT2D eigenvalue weighted by molar-refractivity contribution is -0.131. The van der Waals surface area contributed by atoms with Crippen LogP contribution in [0.5, 0.6) is 0 Å². The Morgan fingerprint density at radius 2 is 2.18 bits per heavy atom. The molecule has 0 aliphatic carbocycles.